The number of aryl methyl sites for hydroxylation is 1. The zero-order chi connectivity index (χ0) is 13.8. The van der Waals surface area contributed by atoms with Gasteiger partial charge in [-0.1, -0.05) is 30.3 Å². The maximum atomic E-state index is 7.47. The van der Waals surface area contributed by atoms with Crippen molar-refractivity contribution in [1.82, 2.24) is 4.98 Å². The Balaban J connectivity index is 2.21. The molecule has 0 aliphatic rings. The normalized spacial score (nSPS) is 11.9. The van der Waals surface area contributed by atoms with E-state index in [0.29, 0.717) is 11.4 Å². The molecule has 19 heavy (non-hydrogen) atoms. The lowest BCUT2D eigenvalue weighted by molar-refractivity contribution is 0.217. The van der Waals surface area contributed by atoms with Gasteiger partial charge in [-0.05, 0) is 25.5 Å². The van der Waals surface area contributed by atoms with Crippen LogP contribution in [0.15, 0.2) is 42.5 Å². The molecule has 0 fully saturated rings. The molecule has 0 radical (unpaired) electrons. The summed E-state index contributed by atoms with van der Waals surface area (Å²) in [5.41, 5.74) is 7.98. The van der Waals surface area contributed by atoms with Gasteiger partial charge in [0.2, 0.25) is 5.88 Å². The summed E-state index contributed by atoms with van der Waals surface area (Å²) in [6.45, 7) is 3.82. The van der Waals surface area contributed by atoms with Gasteiger partial charge in [0.05, 0.1) is 0 Å². The number of nitrogens with zero attached hydrogens (tertiary/aromatic N) is 1. The number of amidine groups is 1. The predicted octanol–water partition coefficient (Wildman–Crippen LogP) is 2.81. The van der Waals surface area contributed by atoms with Gasteiger partial charge in [0.1, 0.15) is 11.9 Å². The van der Waals surface area contributed by atoms with Gasteiger partial charge in [0.15, 0.2) is 0 Å². The van der Waals surface area contributed by atoms with E-state index in [1.807, 2.05) is 44.2 Å². The average molecular weight is 255 g/mol. The largest absolute Gasteiger partial charge is 0.470 e. The second kappa shape index (κ2) is 5.52. The molecule has 2 aromatic rings. The van der Waals surface area contributed by atoms with Gasteiger partial charge in [-0.15, -0.1) is 0 Å². The van der Waals surface area contributed by atoms with E-state index in [1.165, 1.54) is 0 Å². The Morgan fingerprint density at radius 1 is 1.26 bits per heavy atom. The molecule has 98 valence electrons. The van der Waals surface area contributed by atoms with Gasteiger partial charge >= 0.3 is 0 Å². The van der Waals surface area contributed by atoms with E-state index in [1.54, 1.807) is 12.1 Å². The Hall–Kier alpha value is -2.36. The molecule has 0 spiro atoms. The molecule has 0 amide bonds. The highest BCUT2D eigenvalue weighted by Gasteiger charge is 2.09. The number of benzene rings is 1. The molecule has 1 unspecified atom stereocenters. The fourth-order valence-electron chi connectivity index (χ4n) is 1.83. The summed E-state index contributed by atoms with van der Waals surface area (Å²) in [5.74, 6) is 0.504. The zero-order valence-corrected chi connectivity index (χ0v) is 11.1. The van der Waals surface area contributed by atoms with E-state index < -0.39 is 0 Å². The Morgan fingerprint density at radius 2 is 1.95 bits per heavy atom. The average Bonchev–Trinajstić information content (AvgIpc) is 2.39. The fourth-order valence-corrected chi connectivity index (χ4v) is 1.83. The summed E-state index contributed by atoms with van der Waals surface area (Å²) in [6.07, 6.45) is -0.102. The summed E-state index contributed by atoms with van der Waals surface area (Å²) < 4.78 is 5.81. The van der Waals surface area contributed by atoms with Gasteiger partial charge in [-0.2, -0.15) is 0 Å². The third-order valence-electron chi connectivity index (χ3n) is 2.81. The van der Waals surface area contributed by atoms with Crippen LogP contribution >= 0.6 is 0 Å². The van der Waals surface area contributed by atoms with Gasteiger partial charge in [0, 0.05) is 17.3 Å². The molecule has 0 saturated heterocycles. The fraction of sp³-hybridized carbons (Fsp3) is 0.200. The number of rotatable bonds is 4. The smallest absolute Gasteiger partial charge is 0.214 e. The van der Waals surface area contributed by atoms with Crippen LogP contribution in [0.2, 0.25) is 0 Å². The first kappa shape index (κ1) is 13.1. The maximum Gasteiger partial charge on any atom is 0.214 e. The monoisotopic (exact) mass is 255 g/mol. The van der Waals surface area contributed by atoms with E-state index in [0.717, 1.165) is 11.3 Å². The van der Waals surface area contributed by atoms with Crippen molar-refractivity contribution in [1.29, 1.82) is 5.41 Å². The molecule has 3 N–H and O–H groups in total. The molecular formula is C15H17N3O. The lowest BCUT2D eigenvalue weighted by atomic mass is 10.1. The molecule has 2 rings (SSSR count). The van der Waals surface area contributed by atoms with E-state index in [9.17, 15) is 0 Å². The molecule has 0 bridgehead atoms. The number of hydrogen-bond donors (Lipinski definition) is 2. The van der Waals surface area contributed by atoms with E-state index in [-0.39, 0.29) is 11.9 Å². The highest BCUT2D eigenvalue weighted by molar-refractivity contribution is 5.95. The molecule has 1 aromatic heterocycles. The Bertz CT molecular complexity index is 581. The van der Waals surface area contributed by atoms with Crippen molar-refractivity contribution >= 4 is 5.84 Å². The van der Waals surface area contributed by atoms with Crippen molar-refractivity contribution in [3.63, 3.8) is 0 Å². The molecule has 0 aliphatic carbocycles. The highest BCUT2D eigenvalue weighted by atomic mass is 16.5. The van der Waals surface area contributed by atoms with Crippen molar-refractivity contribution in [3.8, 4) is 5.88 Å². The zero-order valence-electron chi connectivity index (χ0n) is 11.1. The Morgan fingerprint density at radius 3 is 2.58 bits per heavy atom. The highest BCUT2D eigenvalue weighted by Crippen LogP contribution is 2.21. The standard InChI is InChI=1S/C15H17N3O/c1-10-8-13(15(16)17)9-14(18-10)19-11(2)12-6-4-3-5-7-12/h3-9,11H,1-2H3,(H3,16,17). The summed E-state index contributed by atoms with van der Waals surface area (Å²) in [5, 5.41) is 7.47. The SMILES string of the molecule is Cc1cc(C(=N)N)cc(OC(C)c2ccccc2)n1. The van der Waals surface area contributed by atoms with Crippen LogP contribution in [0.25, 0.3) is 0 Å². The third kappa shape index (κ3) is 3.31. The molecule has 0 saturated carbocycles. The van der Waals surface area contributed by atoms with Crippen LogP contribution in [0.4, 0.5) is 0 Å². The number of pyridine rings is 1. The summed E-state index contributed by atoms with van der Waals surface area (Å²) in [6, 6.07) is 13.4. The van der Waals surface area contributed by atoms with Crippen molar-refractivity contribution < 1.29 is 4.74 Å². The van der Waals surface area contributed by atoms with Crippen LogP contribution in [0, 0.1) is 12.3 Å². The summed E-state index contributed by atoms with van der Waals surface area (Å²) in [7, 11) is 0. The first-order chi connectivity index (χ1) is 9.06. The first-order valence-corrected chi connectivity index (χ1v) is 6.11. The molecule has 4 heteroatoms. The lowest BCUT2D eigenvalue weighted by Gasteiger charge is -2.15. The third-order valence-corrected chi connectivity index (χ3v) is 2.81. The second-order valence-corrected chi connectivity index (χ2v) is 4.42. The minimum absolute atomic E-state index is 0.0164. The number of aromatic nitrogens is 1. The van der Waals surface area contributed by atoms with Crippen molar-refractivity contribution in [3.05, 3.63) is 59.3 Å². The number of nitrogens with two attached hydrogens (primary N) is 1. The number of nitrogen functional groups attached to an aromatic ring is 1. The quantitative estimate of drug-likeness (QED) is 0.651. The predicted molar refractivity (Wildman–Crippen MR) is 75.5 cm³/mol. The van der Waals surface area contributed by atoms with Crippen molar-refractivity contribution in [2.45, 2.75) is 20.0 Å². The number of hydrogen-bond acceptors (Lipinski definition) is 3. The molecule has 1 atom stereocenters. The second-order valence-electron chi connectivity index (χ2n) is 4.42. The van der Waals surface area contributed by atoms with Crippen molar-refractivity contribution in [2.24, 2.45) is 5.73 Å². The van der Waals surface area contributed by atoms with E-state index in [2.05, 4.69) is 4.98 Å². The van der Waals surface area contributed by atoms with Gasteiger partial charge in [-0.3, -0.25) is 5.41 Å². The van der Waals surface area contributed by atoms with Crippen LogP contribution in [-0.4, -0.2) is 10.8 Å². The van der Waals surface area contributed by atoms with Crippen LogP contribution in [-0.2, 0) is 0 Å². The van der Waals surface area contributed by atoms with Crippen molar-refractivity contribution in [2.75, 3.05) is 0 Å². The molecular weight excluding hydrogens is 238 g/mol. The lowest BCUT2D eigenvalue weighted by Crippen LogP contribution is -2.12. The summed E-state index contributed by atoms with van der Waals surface area (Å²) >= 11 is 0. The Kier molecular flexibility index (Phi) is 3.80. The summed E-state index contributed by atoms with van der Waals surface area (Å²) in [4.78, 5) is 4.31. The number of nitrogens with one attached hydrogen (secondary N) is 1. The van der Waals surface area contributed by atoms with Crippen LogP contribution < -0.4 is 10.5 Å². The number of ether oxygens (including phenoxy) is 1. The van der Waals surface area contributed by atoms with Gasteiger partial charge in [-0.25, -0.2) is 4.98 Å². The first-order valence-electron chi connectivity index (χ1n) is 6.11. The van der Waals surface area contributed by atoms with Crippen LogP contribution in [0.3, 0.4) is 0 Å². The minimum atomic E-state index is -0.102. The molecule has 0 aliphatic heterocycles. The topological polar surface area (TPSA) is 72.0 Å². The van der Waals surface area contributed by atoms with E-state index >= 15 is 0 Å². The molecule has 1 heterocycles. The molecule has 1 aromatic carbocycles. The minimum Gasteiger partial charge on any atom is -0.470 e. The van der Waals surface area contributed by atoms with E-state index in [4.69, 9.17) is 15.9 Å². The van der Waals surface area contributed by atoms with Crippen LogP contribution in [0.5, 0.6) is 5.88 Å². The molecule has 4 nitrogen and oxygen atoms in total. The van der Waals surface area contributed by atoms with Crippen LogP contribution in [0.1, 0.15) is 29.8 Å². The maximum absolute atomic E-state index is 7.47. The Labute approximate surface area is 112 Å². The van der Waals surface area contributed by atoms with Gasteiger partial charge < -0.3 is 10.5 Å². The van der Waals surface area contributed by atoms with Gasteiger partial charge in [0.25, 0.3) is 0 Å².